The molecule has 1 N–H and O–H groups in total. The highest BCUT2D eigenvalue weighted by molar-refractivity contribution is 4.92. The third-order valence-electron chi connectivity index (χ3n) is 3.75. The Balaban J connectivity index is 2.02. The van der Waals surface area contributed by atoms with Crippen molar-refractivity contribution < 1.29 is 0 Å². The molecule has 2 fully saturated rings. The van der Waals surface area contributed by atoms with E-state index in [2.05, 4.69) is 24.3 Å². The molecule has 2 aliphatic rings. The molecule has 0 aromatic rings. The van der Waals surface area contributed by atoms with Crippen molar-refractivity contribution in [2.45, 2.75) is 50.2 Å². The van der Waals surface area contributed by atoms with Crippen molar-refractivity contribution in [3.63, 3.8) is 0 Å². The van der Waals surface area contributed by atoms with Gasteiger partial charge in [-0.05, 0) is 39.8 Å². The molecule has 0 aliphatic carbocycles. The summed E-state index contributed by atoms with van der Waals surface area (Å²) in [5.74, 6) is 0. The van der Waals surface area contributed by atoms with Gasteiger partial charge in [0.15, 0.2) is 0 Å². The summed E-state index contributed by atoms with van der Waals surface area (Å²) in [5, 5.41) is 3.43. The normalized spacial score (nSPS) is 43.0. The number of rotatable bonds is 1. The topological polar surface area (TPSA) is 15.3 Å². The summed E-state index contributed by atoms with van der Waals surface area (Å²) >= 11 is 0. The SMILES string of the molecule is CNC1CC2CCCC(C1)N2C. The van der Waals surface area contributed by atoms with E-state index in [0.717, 1.165) is 18.1 Å². The minimum Gasteiger partial charge on any atom is -0.317 e. The van der Waals surface area contributed by atoms with E-state index in [4.69, 9.17) is 0 Å². The summed E-state index contributed by atoms with van der Waals surface area (Å²) in [7, 11) is 4.41. The molecule has 2 atom stereocenters. The second-order valence-corrected chi connectivity index (χ2v) is 4.36. The highest BCUT2D eigenvalue weighted by Crippen LogP contribution is 2.32. The first-order valence-electron chi connectivity index (χ1n) is 5.20. The third kappa shape index (κ3) is 1.38. The van der Waals surface area contributed by atoms with Crippen molar-refractivity contribution in [3.8, 4) is 0 Å². The van der Waals surface area contributed by atoms with Gasteiger partial charge >= 0.3 is 0 Å². The van der Waals surface area contributed by atoms with Crippen LogP contribution < -0.4 is 5.32 Å². The Morgan fingerprint density at radius 3 is 2.25 bits per heavy atom. The van der Waals surface area contributed by atoms with E-state index in [-0.39, 0.29) is 0 Å². The molecule has 0 amide bonds. The molecule has 2 unspecified atom stereocenters. The lowest BCUT2D eigenvalue weighted by molar-refractivity contribution is 0.0504. The molecule has 0 radical (unpaired) electrons. The fraction of sp³-hybridized carbons (Fsp3) is 1.00. The molecule has 12 heavy (non-hydrogen) atoms. The second kappa shape index (κ2) is 3.35. The van der Waals surface area contributed by atoms with Crippen LogP contribution >= 0.6 is 0 Å². The minimum atomic E-state index is 0.788. The molecule has 70 valence electrons. The predicted molar refractivity (Wildman–Crippen MR) is 51.3 cm³/mol. The van der Waals surface area contributed by atoms with Gasteiger partial charge in [0.05, 0.1) is 0 Å². The van der Waals surface area contributed by atoms with E-state index < -0.39 is 0 Å². The van der Waals surface area contributed by atoms with Crippen molar-refractivity contribution in [2.24, 2.45) is 0 Å². The average molecular weight is 168 g/mol. The van der Waals surface area contributed by atoms with E-state index in [9.17, 15) is 0 Å². The first-order chi connectivity index (χ1) is 5.81. The standard InChI is InChI=1S/C10H20N2/c1-11-8-6-9-4-3-5-10(7-8)12(9)2/h8-11H,3-7H2,1-2H3. The molecule has 2 rings (SSSR count). The molecule has 2 heterocycles. The van der Waals surface area contributed by atoms with E-state index in [1.165, 1.54) is 32.1 Å². The Morgan fingerprint density at radius 1 is 1.17 bits per heavy atom. The van der Waals surface area contributed by atoms with Crippen LogP contribution in [0, 0.1) is 0 Å². The van der Waals surface area contributed by atoms with Crippen molar-refractivity contribution in [1.29, 1.82) is 0 Å². The van der Waals surface area contributed by atoms with Gasteiger partial charge in [-0.2, -0.15) is 0 Å². The molecule has 0 saturated carbocycles. The van der Waals surface area contributed by atoms with E-state index >= 15 is 0 Å². The summed E-state index contributed by atoms with van der Waals surface area (Å²) in [6.45, 7) is 0. The summed E-state index contributed by atoms with van der Waals surface area (Å²) in [6.07, 6.45) is 7.03. The van der Waals surface area contributed by atoms with Crippen molar-refractivity contribution in [2.75, 3.05) is 14.1 Å². The maximum absolute atomic E-state index is 3.43. The molecule has 0 aromatic carbocycles. The van der Waals surface area contributed by atoms with Crippen molar-refractivity contribution in [1.82, 2.24) is 10.2 Å². The minimum absolute atomic E-state index is 0.788. The summed E-state index contributed by atoms with van der Waals surface area (Å²) in [5.41, 5.74) is 0. The van der Waals surface area contributed by atoms with Gasteiger partial charge in [0.2, 0.25) is 0 Å². The number of piperidine rings is 2. The van der Waals surface area contributed by atoms with Gasteiger partial charge in [-0.1, -0.05) is 6.42 Å². The van der Waals surface area contributed by atoms with Crippen LogP contribution in [0.2, 0.25) is 0 Å². The molecule has 2 bridgehead atoms. The maximum atomic E-state index is 3.43. The molecule has 2 heteroatoms. The Hall–Kier alpha value is -0.0800. The van der Waals surface area contributed by atoms with Gasteiger partial charge in [0.25, 0.3) is 0 Å². The van der Waals surface area contributed by atoms with E-state index in [1.54, 1.807) is 0 Å². The number of hydrogen-bond acceptors (Lipinski definition) is 2. The smallest absolute Gasteiger partial charge is 0.0110 e. The molecule has 2 saturated heterocycles. The van der Waals surface area contributed by atoms with Crippen LogP contribution in [-0.4, -0.2) is 37.1 Å². The Labute approximate surface area is 75.3 Å². The Bertz CT molecular complexity index is 144. The molecular weight excluding hydrogens is 148 g/mol. The van der Waals surface area contributed by atoms with Gasteiger partial charge in [0, 0.05) is 18.1 Å². The zero-order valence-corrected chi connectivity index (χ0v) is 8.21. The summed E-state index contributed by atoms with van der Waals surface area (Å²) < 4.78 is 0. The second-order valence-electron chi connectivity index (χ2n) is 4.36. The van der Waals surface area contributed by atoms with Gasteiger partial charge in [-0.3, -0.25) is 0 Å². The zero-order valence-electron chi connectivity index (χ0n) is 8.21. The predicted octanol–water partition coefficient (Wildman–Crippen LogP) is 1.22. The fourth-order valence-electron chi connectivity index (χ4n) is 2.85. The first-order valence-corrected chi connectivity index (χ1v) is 5.20. The van der Waals surface area contributed by atoms with Crippen LogP contribution in [0.4, 0.5) is 0 Å². The average Bonchev–Trinajstić information content (AvgIpc) is 2.04. The molecule has 2 nitrogen and oxygen atoms in total. The zero-order chi connectivity index (χ0) is 8.55. The number of nitrogens with one attached hydrogen (secondary N) is 1. The van der Waals surface area contributed by atoms with Gasteiger partial charge in [-0.15, -0.1) is 0 Å². The molecule has 0 aromatic heterocycles. The number of fused-ring (bicyclic) bond motifs is 2. The Kier molecular flexibility index (Phi) is 2.37. The fourth-order valence-corrected chi connectivity index (χ4v) is 2.85. The molecule has 0 spiro atoms. The lowest BCUT2D eigenvalue weighted by Gasteiger charge is -2.47. The summed E-state index contributed by atoms with van der Waals surface area (Å²) in [6, 6.07) is 2.53. The monoisotopic (exact) mass is 168 g/mol. The van der Waals surface area contributed by atoms with Crippen LogP contribution in [-0.2, 0) is 0 Å². The quantitative estimate of drug-likeness (QED) is 0.633. The Morgan fingerprint density at radius 2 is 1.75 bits per heavy atom. The van der Waals surface area contributed by atoms with Crippen molar-refractivity contribution in [3.05, 3.63) is 0 Å². The lowest BCUT2D eigenvalue weighted by Crippen LogP contribution is -2.53. The third-order valence-corrected chi connectivity index (χ3v) is 3.75. The molecular formula is C10H20N2. The van der Waals surface area contributed by atoms with E-state index in [1.807, 2.05) is 0 Å². The maximum Gasteiger partial charge on any atom is 0.0110 e. The van der Waals surface area contributed by atoms with Crippen LogP contribution in [0.25, 0.3) is 0 Å². The number of nitrogens with zero attached hydrogens (tertiary/aromatic N) is 1. The van der Waals surface area contributed by atoms with Crippen LogP contribution in [0.15, 0.2) is 0 Å². The van der Waals surface area contributed by atoms with Crippen molar-refractivity contribution >= 4 is 0 Å². The first kappa shape index (κ1) is 8.52. The van der Waals surface area contributed by atoms with E-state index in [0.29, 0.717) is 0 Å². The van der Waals surface area contributed by atoms with Crippen LogP contribution in [0.3, 0.4) is 0 Å². The van der Waals surface area contributed by atoms with Gasteiger partial charge < -0.3 is 10.2 Å². The lowest BCUT2D eigenvalue weighted by atomic mass is 9.82. The van der Waals surface area contributed by atoms with Crippen LogP contribution in [0.1, 0.15) is 32.1 Å². The largest absolute Gasteiger partial charge is 0.317 e. The highest BCUT2D eigenvalue weighted by Gasteiger charge is 2.34. The van der Waals surface area contributed by atoms with Gasteiger partial charge in [-0.25, -0.2) is 0 Å². The van der Waals surface area contributed by atoms with Crippen LogP contribution in [0.5, 0.6) is 0 Å². The number of hydrogen-bond donors (Lipinski definition) is 1. The van der Waals surface area contributed by atoms with Gasteiger partial charge in [0.1, 0.15) is 0 Å². The summed E-state index contributed by atoms with van der Waals surface area (Å²) in [4.78, 5) is 2.61. The molecule has 2 aliphatic heterocycles. The highest BCUT2D eigenvalue weighted by atomic mass is 15.2.